The van der Waals surface area contributed by atoms with Crippen LogP contribution in [0.5, 0.6) is 0 Å². The number of halogens is 1. The van der Waals surface area contributed by atoms with Gasteiger partial charge in [0.1, 0.15) is 5.69 Å². The largest absolute Gasteiger partial charge is 0.479 e. The zero-order chi connectivity index (χ0) is 15.6. The van der Waals surface area contributed by atoms with Crippen LogP contribution in [0.3, 0.4) is 0 Å². The van der Waals surface area contributed by atoms with Gasteiger partial charge in [-0.1, -0.05) is 29.8 Å². The van der Waals surface area contributed by atoms with E-state index in [1.54, 1.807) is 18.2 Å². The molecule has 1 atom stereocenters. The number of benzene rings is 1. The van der Waals surface area contributed by atoms with E-state index in [4.69, 9.17) is 16.3 Å². The van der Waals surface area contributed by atoms with Gasteiger partial charge in [0.2, 0.25) is 0 Å². The van der Waals surface area contributed by atoms with Crippen molar-refractivity contribution < 1.29 is 19.4 Å². The van der Waals surface area contributed by atoms with Crippen molar-refractivity contribution in [3.63, 3.8) is 0 Å². The highest BCUT2D eigenvalue weighted by atomic mass is 35.5. The lowest BCUT2D eigenvalue weighted by molar-refractivity contribution is -0.145. The van der Waals surface area contributed by atoms with Gasteiger partial charge in [-0.2, -0.15) is 0 Å². The van der Waals surface area contributed by atoms with Crippen molar-refractivity contribution in [3.05, 3.63) is 35.0 Å². The summed E-state index contributed by atoms with van der Waals surface area (Å²) in [6.45, 7) is 1.21. The number of ether oxygens (including phenoxy) is 1. The third kappa shape index (κ3) is 2.86. The fraction of sp³-hybridized carbons (Fsp3) is 0.286. The average molecular weight is 311 g/mol. The van der Waals surface area contributed by atoms with Gasteiger partial charge in [0, 0.05) is 18.0 Å². The minimum Gasteiger partial charge on any atom is -0.479 e. The molecule has 1 unspecified atom stereocenters. The first-order chi connectivity index (χ1) is 9.89. The van der Waals surface area contributed by atoms with E-state index in [9.17, 15) is 14.7 Å². The molecule has 3 N–H and O–H groups in total. The number of methoxy groups -OCH3 is 1. The summed E-state index contributed by atoms with van der Waals surface area (Å²) < 4.78 is 4.86. The van der Waals surface area contributed by atoms with E-state index >= 15 is 0 Å². The van der Waals surface area contributed by atoms with E-state index in [-0.39, 0.29) is 17.3 Å². The fourth-order valence-corrected chi connectivity index (χ4v) is 2.32. The highest BCUT2D eigenvalue weighted by Crippen LogP contribution is 2.27. The molecule has 1 aromatic heterocycles. The first-order valence-corrected chi connectivity index (χ1v) is 6.58. The van der Waals surface area contributed by atoms with Crippen LogP contribution in [0.1, 0.15) is 17.4 Å². The van der Waals surface area contributed by atoms with Gasteiger partial charge in [-0.3, -0.25) is 4.79 Å². The predicted octanol–water partition coefficient (Wildman–Crippen LogP) is 2.04. The third-order valence-electron chi connectivity index (χ3n) is 3.16. The van der Waals surface area contributed by atoms with E-state index in [2.05, 4.69) is 10.3 Å². The highest BCUT2D eigenvalue weighted by Gasteiger charge is 2.36. The van der Waals surface area contributed by atoms with Crippen molar-refractivity contribution in [1.29, 1.82) is 0 Å². The van der Waals surface area contributed by atoms with Crippen LogP contribution in [0.2, 0.25) is 5.02 Å². The zero-order valence-electron chi connectivity index (χ0n) is 11.6. The normalized spacial score (nSPS) is 13.9. The zero-order valence-corrected chi connectivity index (χ0v) is 12.3. The Morgan fingerprint density at radius 1 is 1.43 bits per heavy atom. The van der Waals surface area contributed by atoms with Crippen molar-refractivity contribution >= 4 is 34.4 Å². The predicted molar refractivity (Wildman–Crippen MR) is 78.7 cm³/mol. The number of rotatable bonds is 5. The number of aromatic nitrogens is 1. The Morgan fingerprint density at radius 3 is 2.67 bits per heavy atom. The van der Waals surface area contributed by atoms with Gasteiger partial charge in [-0.15, -0.1) is 0 Å². The number of nitrogens with one attached hydrogen (secondary N) is 2. The summed E-state index contributed by atoms with van der Waals surface area (Å²) in [5.41, 5.74) is -0.704. The molecule has 0 aliphatic heterocycles. The first kappa shape index (κ1) is 15.3. The van der Waals surface area contributed by atoms with E-state index in [0.29, 0.717) is 10.9 Å². The molecule has 0 bridgehead atoms. The minimum absolute atomic E-state index is 0.126. The topological polar surface area (TPSA) is 91.4 Å². The van der Waals surface area contributed by atoms with E-state index < -0.39 is 17.4 Å². The van der Waals surface area contributed by atoms with Crippen LogP contribution in [0.25, 0.3) is 10.9 Å². The fourth-order valence-electron chi connectivity index (χ4n) is 2.02. The SMILES string of the molecule is COCC(C)(NC(=O)c1[nH]c2ccccc2c1Cl)C(=O)O. The van der Waals surface area contributed by atoms with Crippen molar-refractivity contribution in [2.75, 3.05) is 13.7 Å². The quantitative estimate of drug-likeness (QED) is 0.788. The lowest BCUT2D eigenvalue weighted by atomic mass is 10.0. The lowest BCUT2D eigenvalue weighted by Gasteiger charge is -2.25. The maximum absolute atomic E-state index is 12.3. The van der Waals surface area contributed by atoms with Crippen molar-refractivity contribution in [2.45, 2.75) is 12.5 Å². The summed E-state index contributed by atoms with van der Waals surface area (Å²) in [4.78, 5) is 26.5. The Balaban J connectivity index is 2.34. The Hall–Kier alpha value is -2.05. The Kier molecular flexibility index (Phi) is 4.20. The Morgan fingerprint density at radius 2 is 2.10 bits per heavy atom. The second-order valence-electron chi connectivity index (χ2n) is 4.88. The summed E-state index contributed by atoms with van der Waals surface area (Å²) >= 11 is 6.17. The van der Waals surface area contributed by atoms with Crippen LogP contribution < -0.4 is 5.32 Å². The molecule has 1 amide bonds. The van der Waals surface area contributed by atoms with Crippen molar-refractivity contribution in [2.24, 2.45) is 0 Å². The number of H-pyrrole nitrogens is 1. The molecule has 0 aliphatic rings. The average Bonchev–Trinajstić information content (AvgIpc) is 2.77. The Bertz CT molecular complexity index is 697. The maximum atomic E-state index is 12.3. The molecule has 0 aliphatic carbocycles. The molecule has 2 aromatic rings. The number of aromatic amines is 1. The molecule has 112 valence electrons. The molecule has 6 nitrogen and oxygen atoms in total. The Labute approximate surface area is 126 Å². The molecule has 0 fully saturated rings. The minimum atomic E-state index is -1.54. The molecule has 0 saturated carbocycles. The smallest absolute Gasteiger partial charge is 0.331 e. The second-order valence-corrected chi connectivity index (χ2v) is 5.26. The standard InChI is InChI=1S/C14H15ClN2O4/c1-14(7-21-2,13(19)20)17-12(18)11-10(15)8-5-3-4-6-9(8)16-11/h3-6,16H,7H2,1-2H3,(H,17,18)(H,19,20). The summed E-state index contributed by atoms with van der Waals surface area (Å²) in [6, 6.07) is 7.17. The summed E-state index contributed by atoms with van der Waals surface area (Å²) in [7, 11) is 1.36. The van der Waals surface area contributed by atoms with Crippen LogP contribution in [0.15, 0.2) is 24.3 Å². The molecule has 0 saturated heterocycles. The van der Waals surface area contributed by atoms with E-state index in [1.807, 2.05) is 6.07 Å². The van der Waals surface area contributed by atoms with Gasteiger partial charge in [-0.05, 0) is 13.0 Å². The van der Waals surface area contributed by atoms with Gasteiger partial charge in [-0.25, -0.2) is 4.79 Å². The number of para-hydroxylation sites is 1. The number of hydrogen-bond donors (Lipinski definition) is 3. The first-order valence-electron chi connectivity index (χ1n) is 6.20. The number of carboxylic acids is 1. The molecular weight excluding hydrogens is 296 g/mol. The number of fused-ring (bicyclic) bond motifs is 1. The monoisotopic (exact) mass is 310 g/mol. The maximum Gasteiger partial charge on any atom is 0.331 e. The molecule has 1 aromatic carbocycles. The van der Waals surface area contributed by atoms with Gasteiger partial charge in [0.05, 0.1) is 11.6 Å². The van der Waals surface area contributed by atoms with Gasteiger partial charge < -0.3 is 20.1 Å². The molecule has 1 heterocycles. The second kappa shape index (κ2) is 5.75. The van der Waals surface area contributed by atoms with Crippen molar-refractivity contribution in [3.8, 4) is 0 Å². The number of amides is 1. The number of carbonyl (C=O) groups is 2. The summed E-state index contributed by atoms with van der Waals surface area (Å²) in [6.07, 6.45) is 0. The van der Waals surface area contributed by atoms with Crippen LogP contribution in [0, 0.1) is 0 Å². The molecule has 7 heteroatoms. The highest BCUT2D eigenvalue weighted by molar-refractivity contribution is 6.38. The third-order valence-corrected chi connectivity index (χ3v) is 3.56. The van der Waals surface area contributed by atoms with Gasteiger partial charge in [0.25, 0.3) is 5.91 Å². The summed E-state index contributed by atoms with van der Waals surface area (Å²) in [5.74, 6) is -1.79. The number of aliphatic carboxylic acids is 1. The number of carboxylic acid groups (broad SMARTS) is 1. The lowest BCUT2D eigenvalue weighted by Crippen LogP contribution is -2.55. The molecule has 21 heavy (non-hydrogen) atoms. The van der Waals surface area contributed by atoms with Crippen LogP contribution in [-0.4, -0.2) is 41.2 Å². The van der Waals surface area contributed by atoms with E-state index in [0.717, 1.165) is 0 Å². The number of hydrogen-bond acceptors (Lipinski definition) is 3. The van der Waals surface area contributed by atoms with E-state index in [1.165, 1.54) is 14.0 Å². The molecule has 2 rings (SSSR count). The number of carbonyl (C=O) groups excluding carboxylic acids is 1. The van der Waals surface area contributed by atoms with Gasteiger partial charge in [0.15, 0.2) is 5.54 Å². The van der Waals surface area contributed by atoms with Crippen LogP contribution >= 0.6 is 11.6 Å². The van der Waals surface area contributed by atoms with Crippen LogP contribution in [-0.2, 0) is 9.53 Å². The van der Waals surface area contributed by atoms with Gasteiger partial charge >= 0.3 is 5.97 Å². The molecule has 0 spiro atoms. The van der Waals surface area contributed by atoms with Crippen molar-refractivity contribution in [1.82, 2.24) is 10.3 Å². The van der Waals surface area contributed by atoms with Crippen LogP contribution in [0.4, 0.5) is 0 Å². The molecule has 0 radical (unpaired) electrons. The molecular formula is C14H15ClN2O4. The summed E-state index contributed by atoms with van der Waals surface area (Å²) in [5, 5.41) is 12.6.